The third-order valence-electron chi connectivity index (χ3n) is 3.98. The van der Waals surface area contributed by atoms with Crippen molar-refractivity contribution in [2.75, 3.05) is 12.4 Å². The van der Waals surface area contributed by atoms with E-state index in [1.165, 1.54) is 0 Å². The third kappa shape index (κ3) is 2.82. The number of hydrogen-bond acceptors (Lipinski definition) is 4. The van der Waals surface area contributed by atoms with Gasteiger partial charge >= 0.3 is 0 Å². The maximum atomic E-state index is 12.5. The number of rotatable bonds is 4. The average molecular weight is 321 g/mol. The lowest BCUT2D eigenvalue weighted by molar-refractivity contribution is 0.102. The molecule has 0 fully saturated rings. The highest BCUT2D eigenvalue weighted by atomic mass is 32.2. The first-order chi connectivity index (χ1) is 11.3. The van der Waals surface area contributed by atoms with Gasteiger partial charge in [-0.05, 0) is 35.9 Å². The first-order valence-corrected chi connectivity index (χ1v) is 8.55. The van der Waals surface area contributed by atoms with Crippen LogP contribution in [0.5, 0.6) is 5.75 Å². The monoisotopic (exact) mass is 321 g/mol. The van der Waals surface area contributed by atoms with Crippen LogP contribution in [0.2, 0.25) is 0 Å². The Balaban J connectivity index is 1.53. The standard InChI is InChI=1S/C19H15NO2S/c21-17(13-5-6-18-14(11-13)8-10-22-18)12-23-19-7-9-20-16-4-2-1-3-15(16)19/h1-7,9,11H,8,10,12H2. The second-order valence-electron chi connectivity index (χ2n) is 5.46. The Labute approximate surface area is 138 Å². The number of ether oxygens (including phenoxy) is 1. The minimum atomic E-state index is 0.144. The minimum absolute atomic E-state index is 0.144. The number of para-hydroxylation sites is 1. The van der Waals surface area contributed by atoms with Crippen LogP contribution < -0.4 is 4.74 Å². The van der Waals surface area contributed by atoms with Gasteiger partial charge in [0.05, 0.1) is 17.9 Å². The van der Waals surface area contributed by atoms with E-state index in [4.69, 9.17) is 4.74 Å². The quantitative estimate of drug-likeness (QED) is 0.535. The molecule has 0 aliphatic carbocycles. The molecule has 0 saturated heterocycles. The highest BCUT2D eigenvalue weighted by Crippen LogP contribution is 2.29. The van der Waals surface area contributed by atoms with Gasteiger partial charge in [0.25, 0.3) is 0 Å². The fourth-order valence-electron chi connectivity index (χ4n) is 2.78. The van der Waals surface area contributed by atoms with E-state index < -0.39 is 0 Å². The fourth-order valence-corrected chi connectivity index (χ4v) is 3.72. The van der Waals surface area contributed by atoms with E-state index in [-0.39, 0.29) is 5.78 Å². The van der Waals surface area contributed by atoms with E-state index in [9.17, 15) is 4.79 Å². The maximum absolute atomic E-state index is 12.5. The molecule has 23 heavy (non-hydrogen) atoms. The fraction of sp³-hybridized carbons (Fsp3) is 0.158. The summed E-state index contributed by atoms with van der Waals surface area (Å²) in [5.41, 5.74) is 2.86. The molecular weight excluding hydrogens is 306 g/mol. The van der Waals surface area contributed by atoms with E-state index in [1.807, 2.05) is 48.5 Å². The lowest BCUT2D eigenvalue weighted by Crippen LogP contribution is -2.02. The van der Waals surface area contributed by atoms with Crippen molar-refractivity contribution in [1.82, 2.24) is 4.98 Å². The lowest BCUT2D eigenvalue weighted by atomic mass is 10.1. The van der Waals surface area contributed by atoms with Crippen molar-refractivity contribution >= 4 is 28.4 Å². The summed E-state index contributed by atoms with van der Waals surface area (Å²) in [6, 6.07) is 15.7. The van der Waals surface area contributed by atoms with Gasteiger partial charge in [0.2, 0.25) is 0 Å². The molecule has 3 nitrogen and oxygen atoms in total. The molecule has 0 atom stereocenters. The van der Waals surface area contributed by atoms with Crippen LogP contribution in [0.15, 0.2) is 59.6 Å². The number of carbonyl (C=O) groups excluding carboxylic acids is 1. The molecule has 1 aliphatic rings. The van der Waals surface area contributed by atoms with Crippen LogP contribution in [0.1, 0.15) is 15.9 Å². The van der Waals surface area contributed by atoms with Gasteiger partial charge in [-0.15, -0.1) is 11.8 Å². The number of nitrogens with zero attached hydrogens (tertiary/aromatic N) is 1. The van der Waals surface area contributed by atoms with Gasteiger partial charge in [0.1, 0.15) is 5.75 Å². The Morgan fingerprint density at radius 2 is 2.09 bits per heavy atom. The van der Waals surface area contributed by atoms with Gasteiger partial charge in [0.15, 0.2) is 5.78 Å². The van der Waals surface area contributed by atoms with Crippen molar-refractivity contribution in [2.45, 2.75) is 11.3 Å². The average Bonchev–Trinajstić information content (AvgIpc) is 3.07. The van der Waals surface area contributed by atoms with Gasteiger partial charge in [-0.25, -0.2) is 0 Å². The van der Waals surface area contributed by atoms with E-state index in [2.05, 4.69) is 4.98 Å². The van der Waals surface area contributed by atoms with Crippen LogP contribution in [0.25, 0.3) is 10.9 Å². The predicted molar refractivity (Wildman–Crippen MR) is 92.4 cm³/mol. The number of benzene rings is 2. The Morgan fingerprint density at radius 1 is 1.17 bits per heavy atom. The van der Waals surface area contributed by atoms with E-state index in [0.29, 0.717) is 12.4 Å². The number of fused-ring (bicyclic) bond motifs is 2. The van der Waals surface area contributed by atoms with Crippen LogP contribution >= 0.6 is 11.8 Å². The second-order valence-corrected chi connectivity index (χ2v) is 6.48. The molecule has 114 valence electrons. The topological polar surface area (TPSA) is 39.2 Å². The molecule has 3 aromatic rings. The van der Waals surface area contributed by atoms with E-state index in [0.717, 1.165) is 39.1 Å². The van der Waals surface area contributed by atoms with Crippen molar-refractivity contribution in [3.05, 3.63) is 65.9 Å². The van der Waals surface area contributed by atoms with Crippen molar-refractivity contribution in [1.29, 1.82) is 0 Å². The number of carbonyl (C=O) groups is 1. The minimum Gasteiger partial charge on any atom is -0.493 e. The zero-order valence-electron chi connectivity index (χ0n) is 12.5. The SMILES string of the molecule is O=C(CSc1ccnc2ccccc12)c1ccc2c(c1)CCO2. The molecule has 1 aliphatic heterocycles. The number of hydrogen-bond donors (Lipinski definition) is 0. The van der Waals surface area contributed by atoms with Gasteiger partial charge in [-0.2, -0.15) is 0 Å². The van der Waals surface area contributed by atoms with Crippen molar-refractivity contribution in [3.63, 3.8) is 0 Å². The molecule has 2 aromatic carbocycles. The zero-order valence-corrected chi connectivity index (χ0v) is 13.3. The summed E-state index contributed by atoms with van der Waals surface area (Å²) in [4.78, 5) is 17.9. The Bertz CT molecular complexity index is 886. The summed E-state index contributed by atoms with van der Waals surface area (Å²) in [6.07, 6.45) is 2.68. The van der Waals surface area contributed by atoms with E-state index >= 15 is 0 Å². The van der Waals surface area contributed by atoms with Crippen molar-refractivity contribution < 1.29 is 9.53 Å². The number of Topliss-reactive ketones (excluding diaryl/α,β-unsaturated/α-hetero) is 1. The predicted octanol–water partition coefficient (Wildman–Crippen LogP) is 4.14. The van der Waals surface area contributed by atoms with Crippen molar-refractivity contribution in [2.24, 2.45) is 0 Å². The second kappa shape index (κ2) is 6.05. The summed E-state index contributed by atoms with van der Waals surface area (Å²) >= 11 is 1.57. The molecule has 0 spiro atoms. The number of ketones is 1. The normalized spacial score (nSPS) is 12.9. The summed E-state index contributed by atoms with van der Waals surface area (Å²) in [5.74, 6) is 1.48. The first kappa shape index (κ1) is 14.3. The molecule has 4 heteroatoms. The largest absolute Gasteiger partial charge is 0.493 e. The number of aromatic nitrogens is 1. The summed E-state index contributed by atoms with van der Waals surface area (Å²) < 4.78 is 5.49. The Hall–Kier alpha value is -2.33. The van der Waals surface area contributed by atoms with E-state index in [1.54, 1.807) is 18.0 Å². The smallest absolute Gasteiger partial charge is 0.173 e. The molecule has 0 N–H and O–H groups in total. The Kier molecular flexibility index (Phi) is 3.75. The highest BCUT2D eigenvalue weighted by Gasteiger charge is 2.15. The summed E-state index contributed by atoms with van der Waals surface area (Å²) in [6.45, 7) is 0.713. The van der Waals surface area contributed by atoms with Gasteiger partial charge in [-0.3, -0.25) is 9.78 Å². The molecule has 0 saturated carbocycles. The van der Waals surface area contributed by atoms with Crippen LogP contribution in [0.4, 0.5) is 0 Å². The van der Waals surface area contributed by atoms with Gasteiger partial charge in [0, 0.05) is 28.5 Å². The van der Waals surface area contributed by atoms with Gasteiger partial charge < -0.3 is 4.74 Å². The lowest BCUT2D eigenvalue weighted by Gasteiger charge is -2.06. The summed E-state index contributed by atoms with van der Waals surface area (Å²) in [7, 11) is 0. The molecule has 0 bridgehead atoms. The third-order valence-corrected chi connectivity index (χ3v) is 5.05. The molecule has 4 rings (SSSR count). The maximum Gasteiger partial charge on any atom is 0.173 e. The van der Waals surface area contributed by atoms with Crippen LogP contribution in [-0.2, 0) is 6.42 Å². The number of thioether (sulfide) groups is 1. The first-order valence-electron chi connectivity index (χ1n) is 7.57. The molecule has 2 heterocycles. The van der Waals surface area contributed by atoms with Gasteiger partial charge in [-0.1, -0.05) is 18.2 Å². The molecule has 0 radical (unpaired) electrons. The number of pyridine rings is 1. The summed E-state index contributed by atoms with van der Waals surface area (Å²) in [5, 5.41) is 1.09. The zero-order chi connectivity index (χ0) is 15.6. The van der Waals surface area contributed by atoms with Crippen LogP contribution in [-0.4, -0.2) is 23.1 Å². The molecule has 0 unspecified atom stereocenters. The Morgan fingerprint density at radius 3 is 3.04 bits per heavy atom. The molecular formula is C19H15NO2S. The molecule has 1 aromatic heterocycles. The van der Waals surface area contributed by atoms with Crippen molar-refractivity contribution in [3.8, 4) is 5.75 Å². The van der Waals surface area contributed by atoms with Crippen LogP contribution in [0.3, 0.4) is 0 Å². The van der Waals surface area contributed by atoms with Crippen LogP contribution in [0, 0.1) is 0 Å². The molecule has 0 amide bonds. The highest BCUT2D eigenvalue weighted by molar-refractivity contribution is 8.00.